The van der Waals surface area contributed by atoms with Crippen LogP contribution in [-0.2, 0) is 4.79 Å². The number of carbonyl (C=O) groups excluding carboxylic acids is 2. The van der Waals surface area contributed by atoms with Gasteiger partial charge in [-0.05, 0) is 43.9 Å². The summed E-state index contributed by atoms with van der Waals surface area (Å²) in [6.07, 6.45) is 4.19. The van der Waals surface area contributed by atoms with E-state index in [-0.39, 0.29) is 35.0 Å². The standard InChI is InChI=1S/C16H18ClNO3/c17-10-6-7-15(20)12(9-10)16(21)18-8-2-4-13(18)11-3-1-5-14(11)19/h6-7,9,11,13,20H,1-5,8H2. The number of phenolic OH excluding ortho intramolecular Hbond substituents is 1. The highest BCUT2D eigenvalue weighted by atomic mass is 35.5. The molecule has 0 bridgehead atoms. The lowest BCUT2D eigenvalue weighted by Gasteiger charge is -2.29. The van der Waals surface area contributed by atoms with Crippen molar-refractivity contribution in [1.29, 1.82) is 0 Å². The Bertz CT molecular complexity index is 587. The number of ketones is 1. The lowest BCUT2D eigenvalue weighted by atomic mass is 9.94. The third kappa shape index (κ3) is 2.64. The monoisotopic (exact) mass is 307 g/mol. The summed E-state index contributed by atoms with van der Waals surface area (Å²) in [6.45, 7) is 0.638. The molecule has 1 N–H and O–H groups in total. The summed E-state index contributed by atoms with van der Waals surface area (Å²) in [5, 5.41) is 10.3. The first kappa shape index (κ1) is 14.4. The minimum absolute atomic E-state index is 0.0223. The predicted octanol–water partition coefficient (Wildman–Crippen LogP) is 3.02. The third-order valence-electron chi connectivity index (χ3n) is 4.57. The molecule has 4 nitrogen and oxygen atoms in total. The van der Waals surface area contributed by atoms with Gasteiger partial charge in [0.2, 0.25) is 0 Å². The van der Waals surface area contributed by atoms with Crippen LogP contribution in [0.15, 0.2) is 18.2 Å². The highest BCUT2D eigenvalue weighted by Crippen LogP contribution is 2.35. The van der Waals surface area contributed by atoms with Crippen LogP contribution < -0.4 is 0 Å². The van der Waals surface area contributed by atoms with Gasteiger partial charge in [-0.15, -0.1) is 0 Å². The van der Waals surface area contributed by atoms with E-state index in [1.165, 1.54) is 12.1 Å². The maximum atomic E-state index is 12.7. The molecule has 1 aliphatic carbocycles. The van der Waals surface area contributed by atoms with Crippen LogP contribution in [0, 0.1) is 5.92 Å². The number of halogens is 1. The van der Waals surface area contributed by atoms with Gasteiger partial charge in [0.25, 0.3) is 5.91 Å². The van der Waals surface area contributed by atoms with Gasteiger partial charge in [-0.2, -0.15) is 0 Å². The van der Waals surface area contributed by atoms with E-state index in [4.69, 9.17) is 11.6 Å². The fraction of sp³-hybridized carbons (Fsp3) is 0.500. The van der Waals surface area contributed by atoms with Crippen molar-refractivity contribution in [3.8, 4) is 5.75 Å². The molecule has 1 aliphatic heterocycles. The average molecular weight is 308 g/mol. The molecule has 2 atom stereocenters. The van der Waals surface area contributed by atoms with Gasteiger partial charge < -0.3 is 10.0 Å². The van der Waals surface area contributed by atoms with Crippen molar-refractivity contribution in [2.75, 3.05) is 6.54 Å². The van der Waals surface area contributed by atoms with Gasteiger partial charge in [-0.1, -0.05) is 11.6 Å². The number of phenols is 1. The Kier molecular flexibility index (Phi) is 3.89. The highest BCUT2D eigenvalue weighted by molar-refractivity contribution is 6.31. The Balaban J connectivity index is 1.86. The molecular weight excluding hydrogens is 290 g/mol. The van der Waals surface area contributed by atoms with Crippen LogP contribution in [0.3, 0.4) is 0 Å². The number of aromatic hydroxyl groups is 1. The second-order valence-electron chi connectivity index (χ2n) is 5.83. The molecule has 0 spiro atoms. The quantitative estimate of drug-likeness (QED) is 0.913. The van der Waals surface area contributed by atoms with Crippen molar-refractivity contribution >= 4 is 23.3 Å². The van der Waals surface area contributed by atoms with Crippen LogP contribution in [0.2, 0.25) is 5.02 Å². The first-order valence-electron chi connectivity index (χ1n) is 7.40. The minimum atomic E-state index is -0.225. The van der Waals surface area contributed by atoms with Gasteiger partial charge in [0, 0.05) is 29.9 Å². The lowest BCUT2D eigenvalue weighted by molar-refractivity contribution is -0.121. The van der Waals surface area contributed by atoms with Crippen LogP contribution in [0.1, 0.15) is 42.5 Å². The molecular formula is C16H18ClNO3. The van der Waals surface area contributed by atoms with Crippen molar-refractivity contribution in [2.45, 2.75) is 38.1 Å². The summed E-state index contributed by atoms with van der Waals surface area (Å²) in [6, 6.07) is 4.45. The Hall–Kier alpha value is -1.55. The van der Waals surface area contributed by atoms with E-state index < -0.39 is 0 Å². The normalized spacial score (nSPS) is 25.6. The van der Waals surface area contributed by atoms with Crippen LogP contribution in [0.25, 0.3) is 0 Å². The topological polar surface area (TPSA) is 57.6 Å². The van der Waals surface area contributed by atoms with E-state index in [1.54, 1.807) is 11.0 Å². The minimum Gasteiger partial charge on any atom is -0.507 e. The molecule has 0 aromatic heterocycles. The molecule has 112 valence electrons. The molecule has 1 saturated carbocycles. The molecule has 1 heterocycles. The maximum Gasteiger partial charge on any atom is 0.257 e. The SMILES string of the molecule is O=C1CCCC1C1CCCN1C(=O)c1cc(Cl)ccc1O. The summed E-state index contributed by atoms with van der Waals surface area (Å²) < 4.78 is 0. The molecule has 1 saturated heterocycles. The third-order valence-corrected chi connectivity index (χ3v) is 4.80. The largest absolute Gasteiger partial charge is 0.507 e. The summed E-state index contributed by atoms with van der Waals surface area (Å²) in [4.78, 5) is 26.4. The van der Waals surface area contributed by atoms with Gasteiger partial charge in [-0.25, -0.2) is 0 Å². The molecule has 3 rings (SSSR count). The Morgan fingerprint density at radius 2 is 2.10 bits per heavy atom. The van der Waals surface area contributed by atoms with E-state index in [0.29, 0.717) is 18.0 Å². The number of likely N-dealkylation sites (tertiary alicyclic amines) is 1. The van der Waals surface area contributed by atoms with Crippen molar-refractivity contribution in [2.24, 2.45) is 5.92 Å². The zero-order chi connectivity index (χ0) is 15.0. The number of Topliss-reactive ketones (excluding diaryl/α,β-unsaturated/α-hetero) is 1. The van der Waals surface area contributed by atoms with Crippen LogP contribution in [-0.4, -0.2) is 34.3 Å². The van der Waals surface area contributed by atoms with Crippen molar-refractivity contribution in [3.05, 3.63) is 28.8 Å². The molecule has 0 radical (unpaired) electrons. The lowest BCUT2D eigenvalue weighted by Crippen LogP contribution is -2.41. The second-order valence-corrected chi connectivity index (χ2v) is 6.27. The number of rotatable bonds is 2. The summed E-state index contributed by atoms with van der Waals surface area (Å²) >= 11 is 5.92. The molecule has 2 fully saturated rings. The smallest absolute Gasteiger partial charge is 0.257 e. The van der Waals surface area contributed by atoms with Crippen molar-refractivity contribution < 1.29 is 14.7 Å². The molecule has 2 aliphatic rings. The number of benzene rings is 1. The van der Waals surface area contributed by atoms with Gasteiger partial charge in [0.05, 0.1) is 5.56 Å². The Morgan fingerprint density at radius 1 is 1.29 bits per heavy atom. The highest BCUT2D eigenvalue weighted by Gasteiger charge is 2.40. The first-order valence-corrected chi connectivity index (χ1v) is 7.78. The fourth-order valence-electron chi connectivity index (χ4n) is 3.55. The van der Waals surface area contributed by atoms with Crippen molar-refractivity contribution in [1.82, 2.24) is 4.90 Å². The Labute approximate surface area is 128 Å². The molecule has 5 heteroatoms. The molecule has 1 amide bonds. The van der Waals surface area contributed by atoms with E-state index in [9.17, 15) is 14.7 Å². The summed E-state index contributed by atoms with van der Waals surface area (Å²) in [7, 11) is 0. The van der Waals surface area contributed by atoms with Gasteiger partial charge in [-0.3, -0.25) is 9.59 Å². The molecule has 2 unspecified atom stereocenters. The summed E-state index contributed by atoms with van der Waals surface area (Å²) in [5.74, 6) is -0.0437. The zero-order valence-corrected chi connectivity index (χ0v) is 12.5. The number of amides is 1. The summed E-state index contributed by atoms with van der Waals surface area (Å²) in [5.41, 5.74) is 0.222. The fourth-order valence-corrected chi connectivity index (χ4v) is 3.72. The molecule has 21 heavy (non-hydrogen) atoms. The van der Waals surface area contributed by atoms with E-state index in [2.05, 4.69) is 0 Å². The number of hydrogen-bond acceptors (Lipinski definition) is 3. The second kappa shape index (κ2) is 5.68. The van der Waals surface area contributed by atoms with Gasteiger partial charge >= 0.3 is 0 Å². The predicted molar refractivity (Wildman–Crippen MR) is 79.5 cm³/mol. The number of nitrogens with zero attached hydrogens (tertiary/aromatic N) is 1. The van der Waals surface area contributed by atoms with E-state index in [0.717, 1.165) is 25.7 Å². The number of hydrogen-bond donors (Lipinski definition) is 1. The molecule has 1 aromatic rings. The average Bonchev–Trinajstić information content (AvgIpc) is 3.08. The van der Waals surface area contributed by atoms with E-state index in [1.807, 2.05) is 0 Å². The van der Waals surface area contributed by atoms with Gasteiger partial charge in [0.1, 0.15) is 11.5 Å². The van der Waals surface area contributed by atoms with E-state index >= 15 is 0 Å². The maximum absolute atomic E-state index is 12.7. The zero-order valence-electron chi connectivity index (χ0n) is 11.7. The van der Waals surface area contributed by atoms with Crippen LogP contribution in [0.5, 0.6) is 5.75 Å². The van der Waals surface area contributed by atoms with Crippen LogP contribution >= 0.6 is 11.6 Å². The molecule has 1 aromatic carbocycles. The van der Waals surface area contributed by atoms with Gasteiger partial charge in [0.15, 0.2) is 0 Å². The van der Waals surface area contributed by atoms with Crippen molar-refractivity contribution in [3.63, 3.8) is 0 Å². The number of carbonyl (C=O) groups is 2. The van der Waals surface area contributed by atoms with Crippen LogP contribution in [0.4, 0.5) is 0 Å². The first-order chi connectivity index (χ1) is 10.1. The Morgan fingerprint density at radius 3 is 2.81 bits per heavy atom.